The number of amides is 1. The van der Waals surface area contributed by atoms with Crippen LogP contribution >= 0.6 is 0 Å². The quantitative estimate of drug-likeness (QED) is 0.561. The van der Waals surface area contributed by atoms with Crippen LogP contribution in [0.1, 0.15) is 35.6 Å². The maximum Gasteiger partial charge on any atom is 0.245 e. The van der Waals surface area contributed by atoms with Crippen molar-refractivity contribution in [3.05, 3.63) is 95.1 Å². The average Bonchev–Trinajstić information content (AvgIpc) is 3.04. The van der Waals surface area contributed by atoms with Gasteiger partial charge < -0.3 is 10.6 Å². The Morgan fingerprint density at radius 3 is 2.06 bits per heavy atom. The predicted molar refractivity (Wildman–Crippen MR) is 130 cm³/mol. The summed E-state index contributed by atoms with van der Waals surface area (Å²) in [6.07, 6.45) is 1.59. The van der Waals surface area contributed by atoms with Crippen LogP contribution in [0.5, 0.6) is 0 Å². The van der Waals surface area contributed by atoms with E-state index in [1.807, 2.05) is 66.7 Å². The van der Waals surface area contributed by atoms with Crippen molar-refractivity contribution < 1.29 is 13.2 Å². The zero-order valence-corrected chi connectivity index (χ0v) is 19.6. The van der Waals surface area contributed by atoms with Gasteiger partial charge in [-0.1, -0.05) is 66.7 Å². The third-order valence-electron chi connectivity index (χ3n) is 6.10. The summed E-state index contributed by atoms with van der Waals surface area (Å²) in [7, 11) is -3.91. The van der Waals surface area contributed by atoms with E-state index in [2.05, 4.69) is 0 Å². The van der Waals surface area contributed by atoms with Gasteiger partial charge in [0, 0.05) is 33.1 Å². The minimum absolute atomic E-state index is 0.0368. The Balaban J connectivity index is 1.75. The fourth-order valence-corrected chi connectivity index (χ4v) is 5.83. The normalized spacial score (nSPS) is 14.1. The van der Waals surface area contributed by atoms with E-state index in [0.717, 1.165) is 35.1 Å². The summed E-state index contributed by atoms with van der Waals surface area (Å²) in [6.45, 7) is 2.96. The first-order valence-electron chi connectivity index (χ1n) is 11.1. The van der Waals surface area contributed by atoms with Crippen LogP contribution in [-0.2, 0) is 40.9 Å². The number of sulfonamides is 1. The van der Waals surface area contributed by atoms with Gasteiger partial charge in [-0.25, -0.2) is 8.42 Å². The number of carbonyl (C=O) groups excluding carboxylic acids is 1. The molecule has 1 heterocycles. The zero-order valence-electron chi connectivity index (χ0n) is 18.8. The number of aryl methyl sites for hydroxylation is 1. The van der Waals surface area contributed by atoms with Crippen LogP contribution in [0.3, 0.4) is 0 Å². The molecule has 0 atom stereocenters. The largest absolute Gasteiger partial charge is 0.397 e. The minimum atomic E-state index is -3.91. The molecule has 1 aliphatic rings. The van der Waals surface area contributed by atoms with Crippen molar-refractivity contribution >= 4 is 21.6 Å². The molecule has 0 saturated carbocycles. The molecule has 33 heavy (non-hydrogen) atoms. The molecule has 1 amide bonds. The molecule has 0 unspecified atom stereocenters. The van der Waals surface area contributed by atoms with E-state index in [4.69, 9.17) is 5.73 Å². The molecule has 172 valence electrons. The number of carbonyl (C=O) groups is 1. The highest BCUT2D eigenvalue weighted by Crippen LogP contribution is 2.32. The maximum atomic E-state index is 13.9. The number of fused-ring (bicyclic) bond motifs is 1. The molecule has 2 N–H and O–H groups in total. The van der Waals surface area contributed by atoms with E-state index in [9.17, 15) is 13.2 Å². The van der Waals surface area contributed by atoms with Crippen molar-refractivity contribution in [3.63, 3.8) is 0 Å². The maximum absolute atomic E-state index is 13.9. The molecule has 0 fully saturated rings. The van der Waals surface area contributed by atoms with Crippen molar-refractivity contribution in [2.24, 2.45) is 0 Å². The average molecular weight is 464 g/mol. The molecule has 6 nitrogen and oxygen atoms in total. The number of rotatable bonds is 6. The topological polar surface area (TPSA) is 83.7 Å². The lowest BCUT2D eigenvalue weighted by atomic mass is 10.0. The van der Waals surface area contributed by atoms with Gasteiger partial charge in [0.05, 0.1) is 5.69 Å². The molecule has 0 spiro atoms. The van der Waals surface area contributed by atoms with Crippen LogP contribution in [0.15, 0.2) is 77.7 Å². The van der Waals surface area contributed by atoms with Gasteiger partial charge in [0.15, 0.2) is 0 Å². The number of hydrogen-bond acceptors (Lipinski definition) is 4. The lowest BCUT2D eigenvalue weighted by molar-refractivity contribution is -0.129. The van der Waals surface area contributed by atoms with Crippen LogP contribution < -0.4 is 5.73 Å². The molecular formula is C26H29N3O3S. The highest BCUT2D eigenvalue weighted by Gasteiger charge is 2.30. The fourth-order valence-electron chi connectivity index (χ4n) is 4.27. The third kappa shape index (κ3) is 5.10. The lowest BCUT2D eigenvalue weighted by Crippen LogP contribution is -2.32. The summed E-state index contributed by atoms with van der Waals surface area (Å²) in [5, 5.41) is 0. The molecule has 0 saturated heterocycles. The minimum Gasteiger partial charge on any atom is -0.397 e. The van der Waals surface area contributed by atoms with Crippen molar-refractivity contribution in [2.75, 3.05) is 12.3 Å². The molecule has 1 aliphatic heterocycles. The van der Waals surface area contributed by atoms with Gasteiger partial charge in [-0.15, -0.1) is 0 Å². The summed E-state index contributed by atoms with van der Waals surface area (Å²) in [5.74, 6) is -0.0368. The number of hydrogen-bond donors (Lipinski definition) is 1. The second-order valence-electron chi connectivity index (χ2n) is 8.40. The van der Waals surface area contributed by atoms with Gasteiger partial charge in [-0.2, -0.15) is 4.31 Å². The first-order chi connectivity index (χ1) is 15.9. The second kappa shape index (κ2) is 9.77. The number of nitrogens with zero attached hydrogens (tertiary/aromatic N) is 2. The summed E-state index contributed by atoms with van der Waals surface area (Å²) in [4.78, 5) is 13.9. The molecule has 4 rings (SSSR count). The monoisotopic (exact) mass is 463 g/mol. The lowest BCUT2D eigenvalue weighted by Gasteiger charge is -2.25. The summed E-state index contributed by atoms with van der Waals surface area (Å²) in [5.41, 5.74) is 10.3. The predicted octanol–water partition coefficient (Wildman–Crippen LogP) is 3.95. The van der Waals surface area contributed by atoms with Crippen LogP contribution in [0.2, 0.25) is 0 Å². The van der Waals surface area contributed by atoms with Gasteiger partial charge in [0.1, 0.15) is 4.90 Å². The molecule has 3 aromatic rings. The van der Waals surface area contributed by atoms with Crippen molar-refractivity contribution in [1.82, 2.24) is 9.21 Å². The summed E-state index contributed by atoms with van der Waals surface area (Å²) < 4.78 is 29.3. The van der Waals surface area contributed by atoms with E-state index in [1.54, 1.807) is 11.0 Å². The van der Waals surface area contributed by atoms with E-state index >= 15 is 0 Å². The third-order valence-corrected chi connectivity index (χ3v) is 7.95. The van der Waals surface area contributed by atoms with Crippen LogP contribution in [0.4, 0.5) is 5.69 Å². The van der Waals surface area contributed by atoms with Gasteiger partial charge in [0.2, 0.25) is 15.9 Å². The Kier molecular flexibility index (Phi) is 6.81. The first-order valence-corrected chi connectivity index (χ1v) is 12.5. The summed E-state index contributed by atoms with van der Waals surface area (Å²) >= 11 is 0. The SMILES string of the molecule is CC(=O)N1CCCc2ccc(S(=O)(=O)N(Cc3ccccc3)Cc3ccccc3)c(N)c2C1. The Morgan fingerprint density at radius 1 is 0.939 bits per heavy atom. The first kappa shape index (κ1) is 23.0. The van der Waals surface area contributed by atoms with Crippen molar-refractivity contribution in [1.29, 1.82) is 0 Å². The van der Waals surface area contributed by atoms with Gasteiger partial charge in [-0.05, 0) is 41.2 Å². The Labute approximate surface area is 195 Å². The summed E-state index contributed by atoms with van der Waals surface area (Å²) in [6, 6.07) is 22.5. The van der Waals surface area contributed by atoms with Crippen LogP contribution in [-0.4, -0.2) is 30.1 Å². The fraction of sp³-hybridized carbons (Fsp3) is 0.269. The zero-order chi connectivity index (χ0) is 23.4. The Morgan fingerprint density at radius 2 is 1.52 bits per heavy atom. The molecule has 0 radical (unpaired) electrons. The van der Waals surface area contributed by atoms with E-state index in [0.29, 0.717) is 13.1 Å². The number of anilines is 1. The number of nitrogens with two attached hydrogens (primary N) is 1. The second-order valence-corrected chi connectivity index (χ2v) is 10.3. The van der Waals surface area contributed by atoms with Crippen LogP contribution in [0.25, 0.3) is 0 Å². The van der Waals surface area contributed by atoms with Crippen LogP contribution in [0, 0.1) is 0 Å². The van der Waals surface area contributed by atoms with Gasteiger partial charge in [0.25, 0.3) is 0 Å². The van der Waals surface area contributed by atoms with E-state index < -0.39 is 10.0 Å². The molecule has 7 heteroatoms. The molecule has 0 aromatic heterocycles. The van der Waals surface area contributed by atoms with Crippen molar-refractivity contribution in [2.45, 2.75) is 44.3 Å². The highest BCUT2D eigenvalue weighted by molar-refractivity contribution is 7.89. The number of benzene rings is 3. The van der Waals surface area contributed by atoms with Crippen molar-refractivity contribution in [3.8, 4) is 0 Å². The highest BCUT2D eigenvalue weighted by atomic mass is 32.2. The standard InChI is InChI=1S/C26H29N3O3S/c1-20(30)28-16-8-13-23-14-15-25(26(27)24(23)19-28)33(31,32)29(17-21-9-4-2-5-10-21)18-22-11-6-3-7-12-22/h2-7,9-12,14-15H,8,13,16-19,27H2,1H3. The van der Waals surface area contributed by atoms with E-state index in [1.165, 1.54) is 11.2 Å². The van der Waals surface area contributed by atoms with Gasteiger partial charge in [-0.3, -0.25) is 4.79 Å². The molecule has 0 aliphatic carbocycles. The Bertz CT molecular complexity index is 1190. The Hall–Kier alpha value is -3.16. The van der Waals surface area contributed by atoms with E-state index in [-0.39, 0.29) is 29.6 Å². The smallest absolute Gasteiger partial charge is 0.245 e. The molecule has 3 aromatic carbocycles. The van der Waals surface area contributed by atoms with Gasteiger partial charge >= 0.3 is 0 Å². The number of nitrogen functional groups attached to an aromatic ring is 1. The molecular weight excluding hydrogens is 434 g/mol. The molecule has 0 bridgehead atoms.